The van der Waals surface area contributed by atoms with Gasteiger partial charge in [-0.15, -0.1) is 5.10 Å². The lowest BCUT2D eigenvalue weighted by Gasteiger charge is -2.33. The van der Waals surface area contributed by atoms with Crippen LogP contribution < -0.4 is 5.73 Å². The SMILES string of the molecule is Cc1ccc(N)c(-c2nnnn2CC2(C)CCOCC2)c1. The molecule has 2 aromatic rings. The molecule has 0 bridgehead atoms. The topological polar surface area (TPSA) is 78.9 Å². The predicted molar refractivity (Wildman–Crippen MR) is 80.6 cm³/mol. The van der Waals surface area contributed by atoms with Crippen LogP contribution >= 0.6 is 0 Å². The predicted octanol–water partition coefficient (Wildman–Crippen LogP) is 2.05. The number of hydrogen-bond donors (Lipinski definition) is 1. The summed E-state index contributed by atoms with van der Waals surface area (Å²) in [7, 11) is 0. The van der Waals surface area contributed by atoms with Crippen molar-refractivity contribution in [2.75, 3.05) is 18.9 Å². The van der Waals surface area contributed by atoms with Gasteiger partial charge >= 0.3 is 0 Å². The van der Waals surface area contributed by atoms with E-state index in [-0.39, 0.29) is 5.41 Å². The van der Waals surface area contributed by atoms with E-state index in [1.54, 1.807) is 0 Å². The van der Waals surface area contributed by atoms with Crippen LogP contribution in [0.25, 0.3) is 11.4 Å². The monoisotopic (exact) mass is 287 g/mol. The van der Waals surface area contributed by atoms with Gasteiger partial charge in [0.2, 0.25) is 0 Å². The summed E-state index contributed by atoms with van der Waals surface area (Å²) in [6, 6.07) is 5.93. The molecule has 6 nitrogen and oxygen atoms in total. The fraction of sp³-hybridized carbons (Fsp3) is 0.533. The lowest BCUT2D eigenvalue weighted by atomic mass is 9.82. The van der Waals surface area contributed by atoms with E-state index in [0.717, 1.165) is 49.6 Å². The summed E-state index contributed by atoms with van der Waals surface area (Å²) in [4.78, 5) is 0. The molecule has 1 fully saturated rings. The van der Waals surface area contributed by atoms with Crippen LogP contribution in [0.15, 0.2) is 18.2 Å². The van der Waals surface area contributed by atoms with E-state index in [4.69, 9.17) is 10.5 Å². The molecule has 21 heavy (non-hydrogen) atoms. The van der Waals surface area contributed by atoms with E-state index in [1.165, 1.54) is 0 Å². The lowest BCUT2D eigenvalue weighted by Crippen LogP contribution is -2.31. The second-order valence-electron chi connectivity index (χ2n) is 6.17. The van der Waals surface area contributed by atoms with Crippen LogP contribution in [0, 0.1) is 12.3 Å². The van der Waals surface area contributed by atoms with Crippen molar-refractivity contribution in [3.63, 3.8) is 0 Å². The summed E-state index contributed by atoms with van der Waals surface area (Å²) in [5.74, 6) is 0.740. The van der Waals surface area contributed by atoms with Crippen molar-refractivity contribution in [3.05, 3.63) is 23.8 Å². The van der Waals surface area contributed by atoms with E-state index in [2.05, 4.69) is 22.4 Å². The molecule has 0 spiro atoms. The molecule has 0 radical (unpaired) electrons. The zero-order valence-corrected chi connectivity index (χ0v) is 12.5. The molecule has 1 aliphatic rings. The summed E-state index contributed by atoms with van der Waals surface area (Å²) in [6.07, 6.45) is 2.05. The minimum atomic E-state index is 0.168. The molecule has 3 rings (SSSR count). The van der Waals surface area contributed by atoms with Gasteiger partial charge in [-0.3, -0.25) is 0 Å². The number of aryl methyl sites for hydroxylation is 1. The number of ether oxygens (including phenoxy) is 1. The number of rotatable bonds is 3. The fourth-order valence-electron chi connectivity index (χ4n) is 2.75. The van der Waals surface area contributed by atoms with Crippen molar-refractivity contribution in [1.82, 2.24) is 20.2 Å². The van der Waals surface area contributed by atoms with E-state index in [9.17, 15) is 0 Å². The number of nitrogens with zero attached hydrogens (tertiary/aromatic N) is 4. The molecule has 2 heterocycles. The van der Waals surface area contributed by atoms with E-state index in [0.29, 0.717) is 5.69 Å². The number of nitrogen functional groups attached to an aromatic ring is 1. The molecular formula is C15H21N5O. The Labute approximate surface area is 124 Å². The van der Waals surface area contributed by atoms with E-state index >= 15 is 0 Å². The van der Waals surface area contributed by atoms with Crippen molar-refractivity contribution >= 4 is 5.69 Å². The Morgan fingerprint density at radius 2 is 2.10 bits per heavy atom. The smallest absolute Gasteiger partial charge is 0.184 e. The van der Waals surface area contributed by atoms with Gasteiger partial charge in [-0.2, -0.15) is 0 Å². The van der Waals surface area contributed by atoms with E-state index < -0.39 is 0 Å². The van der Waals surface area contributed by atoms with Crippen molar-refractivity contribution in [2.45, 2.75) is 33.2 Å². The Morgan fingerprint density at radius 1 is 1.33 bits per heavy atom. The standard InChI is InChI=1S/C15H21N5O/c1-11-3-4-13(16)12(9-11)14-17-18-19-20(14)10-15(2)5-7-21-8-6-15/h3-4,9H,5-8,10,16H2,1-2H3. The van der Waals surface area contributed by atoms with Gasteiger partial charge in [0.15, 0.2) is 5.82 Å². The molecule has 1 aromatic heterocycles. The molecule has 112 valence electrons. The quantitative estimate of drug-likeness (QED) is 0.874. The highest BCUT2D eigenvalue weighted by molar-refractivity contribution is 5.72. The van der Waals surface area contributed by atoms with Crippen LogP contribution in [0.1, 0.15) is 25.3 Å². The van der Waals surface area contributed by atoms with Gasteiger partial charge < -0.3 is 10.5 Å². The molecule has 0 amide bonds. The molecular weight excluding hydrogens is 266 g/mol. The van der Waals surface area contributed by atoms with Crippen LogP contribution in [-0.2, 0) is 11.3 Å². The van der Waals surface area contributed by atoms with Gasteiger partial charge in [-0.05, 0) is 47.7 Å². The Bertz CT molecular complexity index is 631. The third-order valence-electron chi connectivity index (χ3n) is 4.21. The molecule has 0 atom stereocenters. The summed E-state index contributed by atoms with van der Waals surface area (Å²) in [5, 5.41) is 12.2. The van der Waals surface area contributed by atoms with Crippen LogP contribution in [0.3, 0.4) is 0 Å². The molecule has 6 heteroatoms. The number of aromatic nitrogens is 4. The van der Waals surface area contributed by atoms with Crippen molar-refractivity contribution in [2.24, 2.45) is 5.41 Å². The average molecular weight is 287 g/mol. The number of benzene rings is 1. The third-order valence-corrected chi connectivity index (χ3v) is 4.21. The van der Waals surface area contributed by atoms with Gasteiger partial charge in [0, 0.05) is 24.5 Å². The maximum absolute atomic E-state index is 6.09. The molecule has 1 aliphatic heterocycles. The highest BCUT2D eigenvalue weighted by Crippen LogP contribution is 2.33. The van der Waals surface area contributed by atoms with Gasteiger partial charge in [-0.25, -0.2) is 4.68 Å². The molecule has 0 unspecified atom stereocenters. The van der Waals surface area contributed by atoms with Gasteiger partial charge in [0.05, 0.1) is 6.54 Å². The minimum absolute atomic E-state index is 0.168. The van der Waals surface area contributed by atoms with Crippen LogP contribution in [0.4, 0.5) is 5.69 Å². The van der Waals surface area contributed by atoms with Gasteiger partial charge in [0.25, 0.3) is 0 Å². The second-order valence-corrected chi connectivity index (χ2v) is 6.17. The summed E-state index contributed by atoms with van der Waals surface area (Å²) >= 11 is 0. The first-order chi connectivity index (χ1) is 10.1. The Kier molecular flexibility index (Phi) is 3.63. The Hall–Kier alpha value is -1.95. The Balaban J connectivity index is 1.92. The highest BCUT2D eigenvalue weighted by atomic mass is 16.5. The molecule has 0 aliphatic carbocycles. The zero-order chi connectivity index (χ0) is 14.9. The van der Waals surface area contributed by atoms with Crippen molar-refractivity contribution in [3.8, 4) is 11.4 Å². The summed E-state index contributed by atoms with van der Waals surface area (Å²) in [5.41, 5.74) is 9.00. The number of nitrogens with two attached hydrogens (primary N) is 1. The summed E-state index contributed by atoms with van der Waals surface area (Å²) in [6.45, 7) is 6.70. The lowest BCUT2D eigenvalue weighted by molar-refractivity contribution is 0.0138. The first-order valence-corrected chi connectivity index (χ1v) is 7.28. The Morgan fingerprint density at radius 3 is 2.86 bits per heavy atom. The third kappa shape index (κ3) is 2.90. The second kappa shape index (κ2) is 5.44. The molecule has 0 saturated carbocycles. The van der Waals surface area contributed by atoms with Crippen LogP contribution in [0.2, 0.25) is 0 Å². The fourth-order valence-corrected chi connectivity index (χ4v) is 2.75. The number of tetrazole rings is 1. The van der Waals surface area contributed by atoms with Crippen molar-refractivity contribution in [1.29, 1.82) is 0 Å². The van der Waals surface area contributed by atoms with Crippen LogP contribution in [0.5, 0.6) is 0 Å². The zero-order valence-electron chi connectivity index (χ0n) is 12.5. The molecule has 1 aromatic carbocycles. The van der Waals surface area contributed by atoms with Gasteiger partial charge in [0.1, 0.15) is 0 Å². The molecule has 1 saturated heterocycles. The number of hydrogen-bond acceptors (Lipinski definition) is 5. The molecule has 2 N–H and O–H groups in total. The maximum atomic E-state index is 6.09. The highest BCUT2D eigenvalue weighted by Gasteiger charge is 2.29. The summed E-state index contributed by atoms with van der Waals surface area (Å²) < 4.78 is 7.32. The van der Waals surface area contributed by atoms with Gasteiger partial charge in [-0.1, -0.05) is 18.6 Å². The maximum Gasteiger partial charge on any atom is 0.184 e. The number of anilines is 1. The normalized spacial score (nSPS) is 17.8. The van der Waals surface area contributed by atoms with E-state index in [1.807, 2.05) is 29.8 Å². The average Bonchev–Trinajstić information content (AvgIpc) is 2.89. The minimum Gasteiger partial charge on any atom is -0.398 e. The van der Waals surface area contributed by atoms with Crippen LogP contribution in [-0.4, -0.2) is 33.4 Å². The first-order valence-electron chi connectivity index (χ1n) is 7.28. The largest absolute Gasteiger partial charge is 0.398 e. The van der Waals surface area contributed by atoms with Crippen molar-refractivity contribution < 1.29 is 4.74 Å². The first kappa shape index (κ1) is 14.0.